The Bertz CT molecular complexity index is 1080. The van der Waals surface area contributed by atoms with Gasteiger partial charge in [-0.05, 0) is 18.2 Å². The van der Waals surface area contributed by atoms with E-state index < -0.39 is 21.7 Å². The quantitative estimate of drug-likeness (QED) is 0.664. The first kappa shape index (κ1) is 16.5. The molecule has 0 atom stereocenters. The lowest BCUT2D eigenvalue weighted by molar-refractivity contribution is 0.585. The lowest BCUT2D eigenvalue weighted by Gasteiger charge is -2.02. The summed E-state index contributed by atoms with van der Waals surface area (Å²) in [6, 6.07) is 9.60. The molecule has 0 radical (unpaired) electrons. The van der Waals surface area contributed by atoms with Crippen LogP contribution in [0.5, 0.6) is 0 Å². The molecule has 0 amide bonds. The second-order valence-electron chi connectivity index (χ2n) is 4.90. The maximum absolute atomic E-state index is 14.1. The van der Waals surface area contributed by atoms with Crippen LogP contribution in [0.3, 0.4) is 0 Å². The molecule has 8 heteroatoms. The summed E-state index contributed by atoms with van der Waals surface area (Å²) in [5.74, 6) is -1.51. The Labute approximate surface area is 141 Å². The van der Waals surface area contributed by atoms with Gasteiger partial charge in [-0.3, -0.25) is 0 Å². The second kappa shape index (κ2) is 6.29. The van der Waals surface area contributed by atoms with Gasteiger partial charge in [0.25, 0.3) is 10.0 Å². The predicted octanol–water partition coefficient (Wildman–Crippen LogP) is 3.46. The zero-order valence-electron chi connectivity index (χ0n) is 12.3. The number of allylic oxidation sites excluding steroid dienone is 1. The number of hydrogen-bond donors (Lipinski definition) is 0. The van der Waals surface area contributed by atoms with Crippen LogP contribution in [0.25, 0.3) is 10.2 Å². The van der Waals surface area contributed by atoms with E-state index >= 15 is 0 Å². The van der Waals surface area contributed by atoms with Gasteiger partial charge in [0.05, 0.1) is 15.1 Å². The molecule has 3 rings (SSSR count). The van der Waals surface area contributed by atoms with E-state index in [1.807, 2.05) is 0 Å². The van der Waals surface area contributed by atoms with Crippen molar-refractivity contribution in [3.05, 3.63) is 71.6 Å². The Kier molecular flexibility index (Phi) is 4.33. The lowest BCUT2D eigenvalue weighted by atomic mass is 10.3. The minimum Gasteiger partial charge on any atom is -0.309 e. The number of halogens is 2. The molecule has 1 aromatic heterocycles. The molecule has 0 unspecified atom stereocenters. The van der Waals surface area contributed by atoms with Crippen molar-refractivity contribution in [3.63, 3.8) is 0 Å². The first-order valence-electron chi connectivity index (χ1n) is 6.88. The smallest absolute Gasteiger partial charge is 0.285 e. The van der Waals surface area contributed by atoms with Gasteiger partial charge in [-0.25, -0.2) is 8.78 Å². The Morgan fingerprint density at radius 2 is 1.92 bits per heavy atom. The number of aromatic nitrogens is 1. The van der Waals surface area contributed by atoms with Crippen LogP contribution in [0.2, 0.25) is 0 Å². The Hall–Kier alpha value is -2.32. The van der Waals surface area contributed by atoms with Crippen LogP contribution in [0.1, 0.15) is 0 Å². The first-order valence-corrected chi connectivity index (χ1v) is 9.13. The minimum atomic E-state index is -3.96. The van der Waals surface area contributed by atoms with Crippen LogP contribution in [-0.4, -0.2) is 13.0 Å². The SMILES string of the molecule is C=CCn1c(=NS(=O)(=O)c2ccccc2)sc2cc(F)cc(F)c21. The molecule has 3 aromatic rings. The van der Waals surface area contributed by atoms with E-state index in [4.69, 9.17) is 0 Å². The largest absolute Gasteiger partial charge is 0.309 e. The maximum atomic E-state index is 14.1. The third-order valence-electron chi connectivity index (χ3n) is 3.25. The molecule has 0 aliphatic heterocycles. The molecule has 0 fully saturated rings. The summed E-state index contributed by atoms with van der Waals surface area (Å²) in [4.78, 5) is 0.0810. The first-order chi connectivity index (χ1) is 11.4. The summed E-state index contributed by atoms with van der Waals surface area (Å²) in [7, 11) is -3.96. The summed E-state index contributed by atoms with van der Waals surface area (Å²) in [6.07, 6.45) is 1.49. The predicted molar refractivity (Wildman–Crippen MR) is 89.1 cm³/mol. The van der Waals surface area contributed by atoms with Crippen LogP contribution in [0.15, 0.2) is 64.4 Å². The summed E-state index contributed by atoms with van der Waals surface area (Å²) in [6.45, 7) is 3.73. The van der Waals surface area contributed by atoms with Crippen LogP contribution in [0.4, 0.5) is 8.78 Å². The number of thiazole rings is 1. The van der Waals surface area contributed by atoms with Crippen LogP contribution in [-0.2, 0) is 16.6 Å². The van der Waals surface area contributed by atoms with Crippen molar-refractivity contribution in [3.8, 4) is 0 Å². The van der Waals surface area contributed by atoms with Crippen molar-refractivity contribution in [2.75, 3.05) is 0 Å². The van der Waals surface area contributed by atoms with Crippen molar-refractivity contribution >= 4 is 31.6 Å². The highest BCUT2D eigenvalue weighted by atomic mass is 32.2. The fourth-order valence-electron chi connectivity index (χ4n) is 2.25. The van der Waals surface area contributed by atoms with Gasteiger partial charge in [-0.15, -0.1) is 11.0 Å². The van der Waals surface area contributed by atoms with Crippen LogP contribution in [0, 0.1) is 11.6 Å². The van der Waals surface area contributed by atoms with E-state index in [2.05, 4.69) is 11.0 Å². The summed E-state index contributed by atoms with van der Waals surface area (Å²) >= 11 is 0.903. The van der Waals surface area contributed by atoms with Gasteiger partial charge in [0, 0.05) is 12.6 Å². The maximum Gasteiger partial charge on any atom is 0.285 e. The average molecular weight is 366 g/mol. The molecule has 0 spiro atoms. The van der Waals surface area contributed by atoms with Gasteiger partial charge in [0.1, 0.15) is 5.82 Å². The molecule has 1 heterocycles. The minimum absolute atomic E-state index is 0.0271. The molecule has 0 saturated carbocycles. The standard InChI is InChI=1S/C16H12F2N2O2S2/c1-2-8-20-15-13(18)9-11(17)10-14(15)23-16(20)19-24(21,22)12-6-4-3-5-7-12/h2-7,9-10H,1,8H2. The average Bonchev–Trinajstić information content (AvgIpc) is 2.85. The Morgan fingerprint density at radius 1 is 1.21 bits per heavy atom. The molecule has 124 valence electrons. The molecule has 4 nitrogen and oxygen atoms in total. The van der Waals surface area contributed by atoms with Crippen molar-refractivity contribution in [2.24, 2.45) is 4.40 Å². The Morgan fingerprint density at radius 3 is 2.58 bits per heavy atom. The van der Waals surface area contributed by atoms with Gasteiger partial charge < -0.3 is 4.57 Å². The molecular formula is C16H12F2N2O2S2. The zero-order valence-corrected chi connectivity index (χ0v) is 13.9. The van der Waals surface area contributed by atoms with Gasteiger partial charge in [0.2, 0.25) is 4.80 Å². The summed E-state index contributed by atoms with van der Waals surface area (Å²) < 4.78 is 57.8. The number of fused-ring (bicyclic) bond motifs is 1. The third-order valence-corrected chi connectivity index (χ3v) is 5.67. The molecule has 0 saturated heterocycles. The Balaban J connectivity index is 2.31. The van der Waals surface area contributed by atoms with Crippen LogP contribution < -0.4 is 4.80 Å². The topological polar surface area (TPSA) is 51.4 Å². The van der Waals surface area contributed by atoms with E-state index in [0.29, 0.717) is 0 Å². The number of hydrogen-bond acceptors (Lipinski definition) is 3. The van der Waals surface area contributed by atoms with Crippen molar-refractivity contribution < 1.29 is 17.2 Å². The van der Waals surface area contributed by atoms with Crippen molar-refractivity contribution in [1.82, 2.24) is 4.57 Å². The summed E-state index contributed by atoms with van der Waals surface area (Å²) in [5.41, 5.74) is 0.100. The lowest BCUT2D eigenvalue weighted by Crippen LogP contribution is -2.17. The molecule has 0 N–H and O–H groups in total. The molecule has 24 heavy (non-hydrogen) atoms. The van der Waals surface area contributed by atoms with E-state index in [9.17, 15) is 17.2 Å². The van der Waals surface area contributed by atoms with E-state index in [1.165, 1.54) is 22.8 Å². The highest BCUT2D eigenvalue weighted by Crippen LogP contribution is 2.23. The van der Waals surface area contributed by atoms with Gasteiger partial charge in [0.15, 0.2) is 5.82 Å². The van der Waals surface area contributed by atoms with Gasteiger partial charge in [-0.2, -0.15) is 8.42 Å². The van der Waals surface area contributed by atoms with E-state index in [1.54, 1.807) is 18.2 Å². The molecule has 0 bridgehead atoms. The summed E-state index contributed by atoms with van der Waals surface area (Å²) in [5, 5.41) is 0. The fourth-order valence-corrected chi connectivity index (χ4v) is 4.55. The number of rotatable bonds is 4. The van der Waals surface area contributed by atoms with Gasteiger partial charge in [-0.1, -0.05) is 35.6 Å². The molecule has 2 aromatic carbocycles. The highest BCUT2D eigenvalue weighted by molar-refractivity contribution is 7.90. The zero-order chi connectivity index (χ0) is 17.3. The van der Waals surface area contributed by atoms with E-state index in [0.717, 1.165) is 23.5 Å². The highest BCUT2D eigenvalue weighted by Gasteiger charge is 2.16. The van der Waals surface area contributed by atoms with Crippen molar-refractivity contribution in [1.29, 1.82) is 0 Å². The van der Waals surface area contributed by atoms with Crippen LogP contribution >= 0.6 is 11.3 Å². The monoisotopic (exact) mass is 366 g/mol. The van der Waals surface area contributed by atoms with Crippen molar-refractivity contribution in [2.45, 2.75) is 11.4 Å². The number of sulfonamides is 1. The fraction of sp³-hybridized carbons (Fsp3) is 0.0625. The normalized spacial score (nSPS) is 12.7. The molecule has 0 aliphatic carbocycles. The second-order valence-corrected chi connectivity index (χ2v) is 7.51. The third kappa shape index (κ3) is 3.02. The number of benzene rings is 2. The van der Waals surface area contributed by atoms with E-state index in [-0.39, 0.29) is 26.5 Å². The molecular weight excluding hydrogens is 354 g/mol. The number of nitrogens with zero attached hydrogens (tertiary/aromatic N) is 2. The molecule has 0 aliphatic rings. The van der Waals surface area contributed by atoms with Gasteiger partial charge >= 0.3 is 0 Å².